The highest BCUT2D eigenvalue weighted by molar-refractivity contribution is 5.76. The van der Waals surface area contributed by atoms with Gasteiger partial charge in [-0.2, -0.15) is 0 Å². The number of rotatable bonds is 2. The van der Waals surface area contributed by atoms with Crippen LogP contribution in [0, 0.1) is 17.3 Å². The molecule has 3 heteroatoms. The molecule has 1 N–H and O–H groups in total. The molecule has 2 aliphatic rings. The van der Waals surface area contributed by atoms with E-state index in [4.69, 9.17) is 0 Å². The predicted octanol–water partition coefficient (Wildman–Crippen LogP) is 2.27. The maximum atomic E-state index is 12.2. The van der Waals surface area contributed by atoms with Crippen molar-refractivity contribution in [3.05, 3.63) is 0 Å². The number of carbonyl (C=O) groups is 1. The van der Waals surface area contributed by atoms with Crippen molar-refractivity contribution in [2.24, 2.45) is 17.3 Å². The molecule has 2 aliphatic heterocycles. The van der Waals surface area contributed by atoms with E-state index in [2.05, 4.69) is 31.0 Å². The van der Waals surface area contributed by atoms with Crippen molar-refractivity contribution in [3.8, 4) is 0 Å². The number of hydrogen-bond acceptors (Lipinski definition) is 2. The third-order valence-corrected chi connectivity index (χ3v) is 4.63. The van der Waals surface area contributed by atoms with Crippen LogP contribution in [0.25, 0.3) is 0 Å². The Bertz CT molecular complexity index is 291. The van der Waals surface area contributed by atoms with E-state index >= 15 is 0 Å². The quantitative estimate of drug-likeness (QED) is 0.817. The van der Waals surface area contributed by atoms with Gasteiger partial charge < -0.3 is 10.2 Å². The van der Waals surface area contributed by atoms with Gasteiger partial charge in [-0.1, -0.05) is 20.8 Å². The van der Waals surface area contributed by atoms with E-state index < -0.39 is 0 Å². The van der Waals surface area contributed by atoms with E-state index in [0.717, 1.165) is 38.5 Å². The van der Waals surface area contributed by atoms with Gasteiger partial charge in [0.05, 0.1) is 0 Å². The van der Waals surface area contributed by atoms with E-state index in [9.17, 15) is 4.79 Å². The lowest BCUT2D eigenvalue weighted by Gasteiger charge is -2.31. The van der Waals surface area contributed by atoms with Crippen LogP contribution in [-0.2, 0) is 4.79 Å². The van der Waals surface area contributed by atoms with Gasteiger partial charge in [0.25, 0.3) is 0 Å². The summed E-state index contributed by atoms with van der Waals surface area (Å²) < 4.78 is 0. The Morgan fingerprint density at radius 2 is 1.94 bits per heavy atom. The zero-order valence-electron chi connectivity index (χ0n) is 12.2. The number of carbonyl (C=O) groups excluding carboxylic acids is 1. The van der Waals surface area contributed by atoms with Crippen molar-refractivity contribution >= 4 is 5.91 Å². The van der Waals surface area contributed by atoms with Crippen LogP contribution in [0.1, 0.15) is 46.5 Å². The summed E-state index contributed by atoms with van der Waals surface area (Å²) in [6.45, 7) is 11.0. The van der Waals surface area contributed by atoms with Gasteiger partial charge in [0.15, 0.2) is 0 Å². The lowest BCUT2D eigenvalue weighted by Crippen LogP contribution is -2.45. The SMILES string of the molecule is CC(C)(C)C1CCCN(C(=O)CC2CNC2)CC1. The van der Waals surface area contributed by atoms with Crippen molar-refractivity contribution in [3.63, 3.8) is 0 Å². The number of likely N-dealkylation sites (tertiary alicyclic amines) is 1. The molecule has 0 radical (unpaired) electrons. The first-order valence-electron chi connectivity index (χ1n) is 7.45. The molecule has 104 valence electrons. The minimum Gasteiger partial charge on any atom is -0.343 e. The Morgan fingerprint density at radius 1 is 1.22 bits per heavy atom. The highest BCUT2D eigenvalue weighted by Crippen LogP contribution is 2.34. The summed E-state index contributed by atoms with van der Waals surface area (Å²) in [6.07, 6.45) is 4.39. The van der Waals surface area contributed by atoms with Gasteiger partial charge in [-0.15, -0.1) is 0 Å². The number of hydrogen-bond donors (Lipinski definition) is 1. The molecule has 2 rings (SSSR count). The van der Waals surface area contributed by atoms with Gasteiger partial charge in [-0.3, -0.25) is 4.79 Å². The fraction of sp³-hybridized carbons (Fsp3) is 0.933. The monoisotopic (exact) mass is 252 g/mol. The molecule has 3 nitrogen and oxygen atoms in total. The molecular weight excluding hydrogens is 224 g/mol. The molecule has 0 aromatic rings. The van der Waals surface area contributed by atoms with E-state index in [1.807, 2.05) is 0 Å². The van der Waals surface area contributed by atoms with Crippen LogP contribution in [0.15, 0.2) is 0 Å². The summed E-state index contributed by atoms with van der Waals surface area (Å²) in [4.78, 5) is 14.3. The van der Waals surface area contributed by atoms with Crippen LogP contribution < -0.4 is 5.32 Å². The molecule has 0 aliphatic carbocycles. The van der Waals surface area contributed by atoms with E-state index in [1.54, 1.807) is 0 Å². The van der Waals surface area contributed by atoms with E-state index in [1.165, 1.54) is 19.3 Å². The van der Waals surface area contributed by atoms with Gasteiger partial charge in [0, 0.05) is 19.5 Å². The summed E-state index contributed by atoms with van der Waals surface area (Å²) in [5.74, 6) is 1.75. The summed E-state index contributed by atoms with van der Waals surface area (Å²) >= 11 is 0. The second kappa shape index (κ2) is 5.60. The highest BCUT2D eigenvalue weighted by atomic mass is 16.2. The van der Waals surface area contributed by atoms with E-state index in [0.29, 0.717) is 17.2 Å². The zero-order chi connectivity index (χ0) is 13.2. The molecule has 0 aromatic heterocycles. The maximum Gasteiger partial charge on any atom is 0.222 e. The fourth-order valence-electron chi connectivity index (χ4n) is 3.08. The maximum absolute atomic E-state index is 12.2. The smallest absolute Gasteiger partial charge is 0.222 e. The number of nitrogens with zero attached hydrogens (tertiary/aromatic N) is 1. The lowest BCUT2D eigenvalue weighted by molar-refractivity contribution is -0.132. The average Bonchev–Trinajstić information content (AvgIpc) is 2.47. The van der Waals surface area contributed by atoms with Crippen molar-refractivity contribution in [2.75, 3.05) is 26.2 Å². The molecule has 1 amide bonds. The first-order chi connectivity index (χ1) is 8.47. The molecule has 0 spiro atoms. The van der Waals surface area contributed by atoms with Crippen molar-refractivity contribution < 1.29 is 4.79 Å². The fourth-order valence-corrected chi connectivity index (χ4v) is 3.08. The molecule has 1 unspecified atom stereocenters. The molecule has 0 bridgehead atoms. The van der Waals surface area contributed by atoms with Crippen LogP contribution in [0.4, 0.5) is 0 Å². The second-order valence-corrected chi connectivity index (χ2v) is 7.10. The van der Waals surface area contributed by atoms with Gasteiger partial charge >= 0.3 is 0 Å². The molecule has 0 saturated carbocycles. The van der Waals surface area contributed by atoms with Gasteiger partial charge in [0.1, 0.15) is 0 Å². The summed E-state index contributed by atoms with van der Waals surface area (Å²) in [7, 11) is 0. The van der Waals surface area contributed by atoms with Crippen LogP contribution in [0.3, 0.4) is 0 Å². The Balaban J connectivity index is 1.82. The minimum atomic E-state index is 0.385. The first kappa shape index (κ1) is 13.9. The Hall–Kier alpha value is -0.570. The second-order valence-electron chi connectivity index (χ2n) is 7.10. The summed E-state index contributed by atoms with van der Waals surface area (Å²) in [6, 6.07) is 0. The molecular formula is C15H28N2O. The molecule has 0 aromatic carbocycles. The normalized spacial score (nSPS) is 26.6. The Kier molecular flexibility index (Phi) is 4.31. The summed E-state index contributed by atoms with van der Waals surface area (Å²) in [5.41, 5.74) is 0.386. The van der Waals surface area contributed by atoms with Crippen LogP contribution in [-0.4, -0.2) is 37.0 Å². The van der Waals surface area contributed by atoms with Crippen LogP contribution in [0.2, 0.25) is 0 Å². The van der Waals surface area contributed by atoms with Gasteiger partial charge in [-0.25, -0.2) is 0 Å². The third kappa shape index (κ3) is 3.47. The van der Waals surface area contributed by atoms with Crippen LogP contribution >= 0.6 is 0 Å². The van der Waals surface area contributed by atoms with Crippen molar-refractivity contribution in [1.29, 1.82) is 0 Å². The van der Waals surface area contributed by atoms with Crippen molar-refractivity contribution in [1.82, 2.24) is 10.2 Å². The zero-order valence-corrected chi connectivity index (χ0v) is 12.2. The molecule has 2 fully saturated rings. The van der Waals surface area contributed by atoms with Gasteiger partial charge in [-0.05, 0) is 49.6 Å². The largest absolute Gasteiger partial charge is 0.343 e. The average molecular weight is 252 g/mol. The van der Waals surface area contributed by atoms with Crippen LogP contribution in [0.5, 0.6) is 0 Å². The Morgan fingerprint density at radius 3 is 2.50 bits per heavy atom. The predicted molar refractivity (Wildman–Crippen MR) is 74.4 cm³/mol. The third-order valence-electron chi connectivity index (χ3n) is 4.63. The molecule has 1 atom stereocenters. The Labute approximate surface area is 111 Å². The first-order valence-corrected chi connectivity index (χ1v) is 7.45. The summed E-state index contributed by atoms with van der Waals surface area (Å²) in [5, 5.41) is 3.24. The standard InChI is InChI=1S/C15H28N2O/c1-15(2,3)13-5-4-7-17(8-6-13)14(18)9-12-10-16-11-12/h12-13,16H,4-11H2,1-3H3. The topological polar surface area (TPSA) is 32.3 Å². The van der Waals surface area contributed by atoms with E-state index in [-0.39, 0.29) is 0 Å². The molecule has 18 heavy (non-hydrogen) atoms. The lowest BCUT2D eigenvalue weighted by atomic mass is 9.77. The van der Waals surface area contributed by atoms with Gasteiger partial charge in [0.2, 0.25) is 5.91 Å². The molecule has 2 heterocycles. The highest BCUT2D eigenvalue weighted by Gasteiger charge is 2.29. The number of amides is 1. The molecule has 2 saturated heterocycles. The number of nitrogens with one attached hydrogen (secondary N) is 1. The minimum absolute atomic E-state index is 0.385. The van der Waals surface area contributed by atoms with Crippen molar-refractivity contribution in [2.45, 2.75) is 46.5 Å².